The third-order valence-corrected chi connectivity index (χ3v) is 4.56. The van der Waals surface area contributed by atoms with Crippen molar-refractivity contribution in [2.45, 2.75) is 12.8 Å². The minimum Gasteiger partial charge on any atom is -0.496 e. The largest absolute Gasteiger partial charge is 0.496 e. The van der Waals surface area contributed by atoms with Gasteiger partial charge >= 0.3 is 0 Å². The number of benzene rings is 1. The quantitative estimate of drug-likeness (QED) is 0.834. The summed E-state index contributed by atoms with van der Waals surface area (Å²) in [6.07, 6.45) is 0.880. The van der Waals surface area contributed by atoms with Gasteiger partial charge in [0.1, 0.15) is 11.5 Å². The number of para-hydroxylation sites is 1. The van der Waals surface area contributed by atoms with Gasteiger partial charge in [-0.05, 0) is 33.4 Å². The normalized spacial score (nSPS) is 10.3. The van der Waals surface area contributed by atoms with Crippen molar-refractivity contribution >= 4 is 33.0 Å². The number of thiophene rings is 1. The molecule has 0 N–H and O–H groups in total. The van der Waals surface area contributed by atoms with Crippen LogP contribution in [0.5, 0.6) is 5.75 Å². The Kier molecular flexibility index (Phi) is 4.55. The van der Waals surface area contributed by atoms with Gasteiger partial charge < -0.3 is 4.74 Å². The van der Waals surface area contributed by atoms with Crippen LogP contribution in [0.2, 0.25) is 0 Å². The van der Waals surface area contributed by atoms with Crippen LogP contribution in [0.15, 0.2) is 40.2 Å². The Labute approximate surface area is 119 Å². The second kappa shape index (κ2) is 6.16. The number of ketones is 1. The van der Waals surface area contributed by atoms with Crippen molar-refractivity contribution in [2.24, 2.45) is 0 Å². The van der Waals surface area contributed by atoms with Crippen molar-refractivity contribution in [3.05, 3.63) is 50.6 Å². The fourth-order valence-corrected chi connectivity index (χ4v) is 3.28. The van der Waals surface area contributed by atoms with Gasteiger partial charge in [0, 0.05) is 27.8 Å². The maximum atomic E-state index is 12.0. The van der Waals surface area contributed by atoms with E-state index in [-0.39, 0.29) is 5.78 Å². The average molecular weight is 325 g/mol. The van der Waals surface area contributed by atoms with Gasteiger partial charge in [-0.25, -0.2) is 0 Å². The van der Waals surface area contributed by atoms with E-state index in [1.165, 1.54) is 0 Å². The van der Waals surface area contributed by atoms with Gasteiger partial charge in [0.15, 0.2) is 0 Å². The Balaban J connectivity index is 2.05. The fourth-order valence-electron chi connectivity index (χ4n) is 1.75. The summed E-state index contributed by atoms with van der Waals surface area (Å²) in [7, 11) is 1.62. The molecule has 2 nitrogen and oxygen atoms in total. The maximum Gasteiger partial charge on any atom is 0.142 e. The summed E-state index contributed by atoms with van der Waals surface area (Å²) in [5.74, 6) is 0.971. The van der Waals surface area contributed by atoms with E-state index in [4.69, 9.17) is 4.74 Å². The van der Waals surface area contributed by atoms with Gasteiger partial charge in [-0.1, -0.05) is 18.2 Å². The zero-order chi connectivity index (χ0) is 13.0. The molecule has 1 heterocycles. The minimum atomic E-state index is 0.197. The van der Waals surface area contributed by atoms with Crippen LogP contribution in [0, 0.1) is 0 Å². The minimum absolute atomic E-state index is 0.197. The third kappa shape index (κ3) is 3.21. The standard InChI is InChI=1S/C14H13BrO2S/c1-17-13-5-3-2-4-10(13)8-11(16)9-14-12(15)6-7-18-14/h2-7H,8-9H2,1H3. The maximum absolute atomic E-state index is 12.0. The van der Waals surface area contributed by atoms with E-state index in [0.717, 1.165) is 20.7 Å². The smallest absolute Gasteiger partial charge is 0.142 e. The first-order valence-electron chi connectivity index (χ1n) is 5.56. The van der Waals surface area contributed by atoms with Crippen LogP contribution in [0.3, 0.4) is 0 Å². The number of rotatable bonds is 5. The topological polar surface area (TPSA) is 26.3 Å². The molecular formula is C14H13BrO2S. The van der Waals surface area contributed by atoms with Crippen molar-refractivity contribution < 1.29 is 9.53 Å². The third-order valence-electron chi connectivity index (χ3n) is 2.63. The van der Waals surface area contributed by atoms with E-state index >= 15 is 0 Å². The number of hydrogen-bond donors (Lipinski definition) is 0. The molecule has 0 bridgehead atoms. The average Bonchev–Trinajstić information content (AvgIpc) is 2.75. The van der Waals surface area contributed by atoms with Crippen molar-refractivity contribution in [1.29, 1.82) is 0 Å². The second-order valence-electron chi connectivity index (χ2n) is 3.90. The molecule has 1 aromatic heterocycles. The molecule has 0 saturated heterocycles. The molecule has 0 aliphatic rings. The summed E-state index contributed by atoms with van der Waals surface area (Å²) >= 11 is 5.04. The number of Topliss-reactive ketones (excluding diaryl/α,β-unsaturated/α-hetero) is 1. The van der Waals surface area contributed by atoms with E-state index in [0.29, 0.717) is 12.8 Å². The molecule has 0 radical (unpaired) electrons. The zero-order valence-corrected chi connectivity index (χ0v) is 12.4. The molecule has 0 aliphatic carbocycles. The van der Waals surface area contributed by atoms with E-state index in [9.17, 15) is 4.79 Å². The predicted molar refractivity (Wildman–Crippen MR) is 77.4 cm³/mol. The van der Waals surface area contributed by atoms with Gasteiger partial charge in [-0.3, -0.25) is 4.79 Å². The van der Waals surface area contributed by atoms with Crippen LogP contribution >= 0.6 is 27.3 Å². The monoisotopic (exact) mass is 324 g/mol. The molecule has 94 valence electrons. The molecule has 0 atom stereocenters. The first-order chi connectivity index (χ1) is 8.70. The van der Waals surface area contributed by atoms with E-state index in [2.05, 4.69) is 15.9 Å². The number of hydrogen-bond acceptors (Lipinski definition) is 3. The Hall–Kier alpha value is -1.13. The van der Waals surface area contributed by atoms with E-state index in [1.54, 1.807) is 18.4 Å². The number of halogens is 1. The van der Waals surface area contributed by atoms with Crippen LogP contribution in [-0.2, 0) is 17.6 Å². The molecule has 0 unspecified atom stereocenters. The lowest BCUT2D eigenvalue weighted by Gasteiger charge is -2.07. The van der Waals surface area contributed by atoms with Gasteiger partial charge in [0.2, 0.25) is 0 Å². The molecule has 0 amide bonds. The van der Waals surface area contributed by atoms with Gasteiger partial charge in [0.25, 0.3) is 0 Å². The van der Waals surface area contributed by atoms with E-state index < -0.39 is 0 Å². The molecule has 2 aromatic rings. The van der Waals surface area contributed by atoms with Crippen molar-refractivity contribution in [3.63, 3.8) is 0 Å². The Morgan fingerprint density at radius 2 is 2.06 bits per heavy atom. The van der Waals surface area contributed by atoms with Crippen LogP contribution in [0.25, 0.3) is 0 Å². The number of carbonyl (C=O) groups is 1. The van der Waals surface area contributed by atoms with Crippen molar-refractivity contribution in [2.75, 3.05) is 7.11 Å². The summed E-state index contributed by atoms with van der Waals surface area (Å²) in [6, 6.07) is 9.61. The molecule has 18 heavy (non-hydrogen) atoms. The molecule has 0 aliphatic heterocycles. The zero-order valence-electron chi connectivity index (χ0n) is 9.98. The summed E-state index contributed by atoms with van der Waals surface area (Å²) in [5, 5.41) is 1.98. The van der Waals surface area contributed by atoms with Crippen molar-refractivity contribution in [3.8, 4) is 5.75 Å². The first kappa shape index (κ1) is 13.3. The van der Waals surface area contributed by atoms with Crippen LogP contribution in [0.1, 0.15) is 10.4 Å². The van der Waals surface area contributed by atoms with E-state index in [1.807, 2.05) is 35.7 Å². The predicted octanol–water partition coefficient (Wildman–Crippen LogP) is 3.87. The number of carbonyl (C=O) groups excluding carboxylic acids is 1. The van der Waals surface area contributed by atoms with Crippen molar-refractivity contribution in [1.82, 2.24) is 0 Å². The molecule has 0 spiro atoms. The molecular weight excluding hydrogens is 312 g/mol. The van der Waals surface area contributed by atoms with Crippen LogP contribution < -0.4 is 4.74 Å². The Bertz CT molecular complexity index is 548. The van der Waals surface area contributed by atoms with Crippen LogP contribution in [-0.4, -0.2) is 12.9 Å². The molecule has 0 fully saturated rings. The summed E-state index contributed by atoms with van der Waals surface area (Å²) in [4.78, 5) is 13.1. The van der Waals surface area contributed by atoms with Gasteiger partial charge in [-0.2, -0.15) is 0 Å². The second-order valence-corrected chi connectivity index (χ2v) is 5.75. The summed E-state index contributed by atoms with van der Waals surface area (Å²) < 4.78 is 6.26. The Morgan fingerprint density at radius 1 is 1.28 bits per heavy atom. The highest BCUT2D eigenvalue weighted by Gasteiger charge is 2.11. The lowest BCUT2D eigenvalue weighted by molar-refractivity contribution is -0.117. The lowest BCUT2D eigenvalue weighted by Crippen LogP contribution is -2.07. The molecule has 2 rings (SSSR count). The fraction of sp³-hybridized carbons (Fsp3) is 0.214. The lowest BCUT2D eigenvalue weighted by atomic mass is 10.1. The van der Waals surface area contributed by atoms with Gasteiger partial charge in [0.05, 0.1) is 7.11 Å². The number of ether oxygens (including phenoxy) is 1. The molecule has 1 aromatic carbocycles. The number of methoxy groups -OCH3 is 1. The van der Waals surface area contributed by atoms with Gasteiger partial charge in [-0.15, -0.1) is 11.3 Å². The SMILES string of the molecule is COc1ccccc1CC(=O)Cc1sccc1Br. The highest BCUT2D eigenvalue weighted by molar-refractivity contribution is 9.10. The first-order valence-corrected chi connectivity index (χ1v) is 7.23. The summed E-state index contributed by atoms with van der Waals surface area (Å²) in [5.41, 5.74) is 0.942. The molecule has 4 heteroatoms. The van der Waals surface area contributed by atoms with Crippen LogP contribution in [0.4, 0.5) is 0 Å². The highest BCUT2D eigenvalue weighted by atomic mass is 79.9. The Morgan fingerprint density at radius 3 is 2.72 bits per heavy atom. The molecule has 0 saturated carbocycles. The highest BCUT2D eigenvalue weighted by Crippen LogP contribution is 2.24. The summed E-state index contributed by atoms with van der Waals surface area (Å²) in [6.45, 7) is 0.